The zero-order valence-electron chi connectivity index (χ0n) is 12.3. The fourth-order valence-electron chi connectivity index (χ4n) is 2.25. The number of rotatable bonds is 4. The normalized spacial score (nSPS) is 11.0. The number of fused-ring (bicyclic) bond motifs is 1. The Morgan fingerprint density at radius 2 is 2.23 bits per heavy atom. The molecule has 3 rings (SSSR count). The van der Waals surface area contributed by atoms with Gasteiger partial charge in [-0.3, -0.25) is 9.48 Å². The van der Waals surface area contributed by atoms with Crippen LogP contribution in [0.4, 0.5) is 0 Å². The molecule has 1 aromatic carbocycles. The molecule has 0 spiro atoms. The molecule has 0 aliphatic rings. The minimum absolute atomic E-state index is 0.00478. The van der Waals surface area contributed by atoms with Crippen molar-refractivity contribution in [3.05, 3.63) is 34.0 Å². The number of carbonyl (C=O) groups excluding carboxylic acids is 1. The quantitative estimate of drug-likeness (QED) is 0.758. The highest BCUT2D eigenvalue weighted by Gasteiger charge is 2.13. The van der Waals surface area contributed by atoms with Crippen LogP contribution in [-0.2, 0) is 18.3 Å². The van der Waals surface area contributed by atoms with Crippen molar-refractivity contribution in [2.45, 2.75) is 13.3 Å². The summed E-state index contributed by atoms with van der Waals surface area (Å²) in [6.45, 7) is 2.55. The second-order valence-corrected chi connectivity index (χ2v) is 6.88. The second kappa shape index (κ2) is 6.18. The number of hydrogen-bond donors (Lipinski definition) is 1. The summed E-state index contributed by atoms with van der Waals surface area (Å²) in [7, 11) is 1.89. The zero-order valence-corrected chi connectivity index (χ0v) is 14.7. The van der Waals surface area contributed by atoms with E-state index in [2.05, 4.69) is 37.4 Å². The van der Waals surface area contributed by atoms with Gasteiger partial charge in [-0.1, -0.05) is 0 Å². The van der Waals surface area contributed by atoms with Gasteiger partial charge in [-0.15, -0.1) is 11.3 Å². The SMILES string of the molecule is CCNC(=O)Cc1nc2cc(-c3cnn(C)c3)cc(Br)c2s1. The lowest BCUT2D eigenvalue weighted by Gasteiger charge is -1.99. The molecule has 0 aliphatic heterocycles. The third-order valence-electron chi connectivity index (χ3n) is 3.21. The van der Waals surface area contributed by atoms with Gasteiger partial charge in [-0.05, 0) is 40.5 Å². The summed E-state index contributed by atoms with van der Waals surface area (Å²) in [6.07, 6.45) is 4.12. The molecule has 0 fully saturated rings. The van der Waals surface area contributed by atoms with E-state index in [0.717, 1.165) is 30.8 Å². The first-order valence-corrected chi connectivity index (χ1v) is 8.52. The highest BCUT2D eigenvalue weighted by Crippen LogP contribution is 2.34. The third kappa shape index (κ3) is 3.05. The highest BCUT2D eigenvalue weighted by atomic mass is 79.9. The van der Waals surface area contributed by atoms with E-state index >= 15 is 0 Å². The van der Waals surface area contributed by atoms with Crippen molar-refractivity contribution in [1.29, 1.82) is 0 Å². The van der Waals surface area contributed by atoms with E-state index in [1.807, 2.05) is 32.4 Å². The average molecular weight is 379 g/mol. The number of thiazole rings is 1. The number of carbonyl (C=O) groups is 1. The number of halogens is 1. The van der Waals surface area contributed by atoms with E-state index in [-0.39, 0.29) is 5.91 Å². The maximum atomic E-state index is 11.7. The molecule has 0 radical (unpaired) electrons. The van der Waals surface area contributed by atoms with Gasteiger partial charge in [-0.25, -0.2) is 4.98 Å². The first-order valence-electron chi connectivity index (χ1n) is 6.91. The van der Waals surface area contributed by atoms with Crippen molar-refractivity contribution in [3.63, 3.8) is 0 Å². The number of amides is 1. The highest BCUT2D eigenvalue weighted by molar-refractivity contribution is 9.10. The predicted molar refractivity (Wildman–Crippen MR) is 91.9 cm³/mol. The fourth-order valence-corrected chi connectivity index (χ4v) is 3.89. The zero-order chi connectivity index (χ0) is 15.7. The molecule has 0 saturated heterocycles. The number of likely N-dealkylation sites (N-methyl/N-ethyl adjacent to an activating group) is 1. The summed E-state index contributed by atoms with van der Waals surface area (Å²) < 4.78 is 3.82. The first kappa shape index (κ1) is 15.2. The lowest BCUT2D eigenvalue weighted by atomic mass is 10.1. The Morgan fingerprint density at radius 1 is 1.41 bits per heavy atom. The minimum Gasteiger partial charge on any atom is -0.356 e. The molecular formula is C15H15BrN4OS. The van der Waals surface area contributed by atoms with Gasteiger partial charge in [0.05, 0.1) is 22.8 Å². The van der Waals surface area contributed by atoms with Gasteiger partial charge in [0.1, 0.15) is 5.01 Å². The minimum atomic E-state index is 0.00478. The maximum Gasteiger partial charge on any atom is 0.226 e. The summed E-state index contributed by atoms with van der Waals surface area (Å²) in [6, 6.07) is 4.10. The van der Waals surface area contributed by atoms with Crippen LogP contribution >= 0.6 is 27.3 Å². The standard InChI is InChI=1S/C15H15BrN4OS/c1-3-17-13(21)6-14-19-12-5-9(4-11(16)15(12)22-14)10-7-18-20(2)8-10/h4-5,7-8H,3,6H2,1-2H3,(H,17,21). The molecule has 0 aliphatic carbocycles. The molecule has 3 aromatic rings. The summed E-state index contributed by atoms with van der Waals surface area (Å²) in [5.41, 5.74) is 3.00. The molecule has 7 heteroatoms. The molecule has 1 N–H and O–H groups in total. The summed E-state index contributed by atoms with van der Waals surface area (Å²) in [5.74, 6) is 0.00478. The van der Waals surface area contributed by atoms with Crippen LogP contribution in [0, 0.1) is 0 Å². The second-order valence-electron chi connectivity index (χ2n) is 4.95. The molecule has 0 bridgehead atoms. The molecule has 0 atom stereocenters. The van der Waals surface area contributed by atoms with Crippen LogP contribution in [0.2, 0.25) is 0 Å². The number of nitrogens with one attached hydrogen (secondary N) is 1. The van der Waals surface area contributed by atoms with Gasteiger partial charge >= 0.3 is 0 Å². The maximum absolute atomic E-state index is 11.7. The van der Waals surface area contributed by atoms with Crippen molar-refractivity contribution in [2.75, 3.05) is 6.54 Å². The summed E-state index contributed by atoms with van der Waals surface area (Å²) in [5, 5.41) is 7.82. The Morgan fingerprint density at radius 3 is 2.91 bits per heavy atom. The molecule has 114 valence electrons. The van der Waals surface area contributed by atoms with Gasteiger partial charge < -0.3 is 5.32 Å². The van der Waals surface area contributed by atoms with E-state index in [4.69, 9.17) is 0 Å². The number of aryl methyl sites for hydroxylation is 1. The van der Waals surface area contributed by atoms with Crippen LogP contribution in [0.1, 0.15) is 11.9 Å². The number of hydrogen-bond acceptors (Lipinski definition) is 4. The Hall–Kier alpha value is -1.73. The van der Waals surface area contributed by atoms with Crippen LogP contribution in [0.25, 0.3) is 21.3 Å². The summed E-state index contributed by atoms with van der Waals surface area (Å²) >= 11 is 5.15. The average Bonchev–Trinajstić information content (AvgIpc) is 3.05. The van der Waals surface area contributed by atoms with E-state index in [1.54, 1.807) is 16.0 Å². The molecule has 1 amide bonds. The molecule has 2 heterocycles. The van der Waals surface area contributed by atoms with Crippen molar-refractivity contribution in [3.8, 4) is 11.1 Å². The number of benzene rings is 1. The molecule has 22 heavy (non-hydrogen) atoms. The number of nitrogens with zero attached hydrogens (tertiary/aromatic N) is 3. The Bertz CT molecular complexity index is 839. The first-order chi connectivity index (χ1) is 10.6. The van der Waals surface area contributed by atoms with E-state index in [0.29, 0.717) is 13.0 Å². The Balaban J connectivity index is 1.98. The van der Waals surface area contributed by atoms with Gasteiger partial charge in [0, 0.05) is 29.8 Å². The number of aromatic nitrogens is 3. The van der Waals surface area contributed by atoms with Crippen LogP contribution in [0.15, 0.2) is 29.0 Å². The van der Waals surface area contributed by atoms with Crippen molar-refractivity contribution >= 4 is 43.4 Å². The van der Waals surface area contributed by atoms with Gasteiger partial charge in [0.15, 0.2) is 0 Å². The van der Waals surface area contributed by atoms with E-state index < -0.39 is 0 Å². The monoisotopic (exact) mass is 378 g/mol. The molecule has 0 unspecified atom stereocenters. The largest absolute Gasteiger partial charge is 0.356 e. The van der Waals surface area contributed by atoms with Crippen LogP contribution < -0.4 is 5.32 Å². The van der Waals surface area contributed by atoms with Crippen molar-refractivity contribution in [1.82, 2.24) is 20.1 Å². The van der Waals surface area contributed by atoms with Gasteiger partial charge in [0.2, 0.25) is 5.91 Å². The van der Waals surface area contributed by atoms with Gasteiger partial charge in [0.25, 0.3) is 0 Å². The van der Waals surface area contributed by atoms with Crippen LogP contribution in [0.5, 0.6) is 0 Å². The smallest absolute Gasteiger partial charge is 0.226 e. The molecule has 0 saturated carbocycles. The fraction of sp³-hybridized carbons (Fsp3) is 0.267. The van der Waals surface area contributed by atoms with Crippen molar-refractivity contribution < 1.29 is 4.79 Å². The summed E-state index contributed by atoms with van der Waals surface area (Å²) in [4.78, 5) is 16.3. The Kier molecular flexibility index (Phi) is 4.26. The predicted octanol–water partition coefficient (Wildman–Crippen LogP) is 3.14. The molecular weight excluding hydrogens is 364 g/mol. The Labute approximate surface area is 140 Å². The lowest BCUT2D eigenvalue weighted by molar-refractivity contribution is -0.120. The topological polar surface area (TPSA) is 59.8 Å². The van der Waals surface area contributed by atoms with Crippen LogP contribution in [-0.4, -0.2) is 27.2 Å². The third-order valence-corrected chi connectivity index (χ3v) is 5.21. The van der Waals surface area contributed by atoms with Gasteiger partial charge in [-0.2, -0.15) is 5.10 Å². The van der Waals surface area contributed by atoms with Crippen molar-refractivity contribution in [2.24, 2.45) is 7.05 Å². The van der Waals surface area contributed by atoms with Crippen LogP contribution in [0.3, 0.4) is 0 Å². The van der Waals surface area contributed by atoms with E-state index in [1.165, 1.54) is 0 Å². The molecule has 2 aromatic heterocycles. The van der Waals surface area contributed by atoms with E-state index in [9.17, 15) is 4.79 Å². The molecule has 5 nitrogen and oxygen atoms in total. The lowest BCUT2D eigenvalue weighted by Crippen LogP contribution is -2.24.